The minimum absolute atomic E-state index is 0.0484. The third kappa shape index (κ3) is 2.79. The van der Waals surface area contributed by atoms with Crippen molar-refractivity contribution in [2.45, 2.75) is 44.4 Å². The molecular weight excluding hydrogens is 322 g/mol. The molecule has 5 rings (SSSR count). The number of amides is 1. The van der Waals surface area contributed by atoms with Crippen LogP contribution in [-0.4, -0.2) is 38.1 Å². The van der Waals surface area contributed by atoms with Crippen molar-refractivity contribution in [3.63, 3.8) is 0 Å². The van der Waals surface area contributed by atoms with Crippen molar-refractivity contribution in [3.8, 4) is 0 Å². The molecule has 4 aliphatic carbocycles. The van der Waals surface area contributed by atoms with Crippen LogP contribution in [0.25, 0.3) is 0 Å². The molecule has 3 heteroatoms. The molecule has 142 valence electrons. The van der Waals surface area contributed by atoms with Crippen LogP contribution in [0.5, 0.6) is 0 Å². The number of benzene rings is 1. The Morgan fingerprint density at radius 3 is 2.23 bits per heavy atom. The van der Waals surface area contributed by atoms with Gasteiger partial charge in [-0.15, -0.1) is 0 Å². The Kier molecular flexibility index (Phi) is 4.85. The standard InChI is InChI=1S/C23H33NO2/c1-16-17-11-20-13-18(16)14-21(12-17)23(20,19-7-5-4-6-8-19)15-22(25)24(2)9-10-26-3/h4-8,16-18,20-21H,9-15H2,1-3H3. The fourth-order valence-electron chi connectivity index (χ4n) is 6.61. The van der Waals surface area contributed by atoms with Crippen molar-refractivity contribution in [2.24, 2.45) is 29.6 Å². The summed E-state index contributed by atoms with van der Waals surface area (Å²) >= 11 is 0. The quantitative estimate of drug-likeness (QED) is 0.768. The highest BCUT2D eigenvalue weighted by Crippen LogP contribution is 2.65. The molecule has 0 aromatic heterocycles. The highest BCUT2D eigenvalue weighted by Gasteiger charge is 2.60. The van der Waals surface area contributed by atoms with Gasteiger partial charge in [0.25, 0.3) is 0 Å². The maximum atomic E-state index is 13.2. The molecule has 4 fully saturated rings. The second-order valence-corrected chi connectivity index (χ2v) is 9.11. The molecule has 1 amide bonds. The number of likely N-dealkylation sites (N-methyl/N-ethyl adjacent to an activating group) is 1. The molecule has 26 heavy (non-hydrogen) atoms. The minimum Gasteiger partial charge on any atom is -0.383 e. The van der Waals surface area contributed by atoms with Crippen LogP contribution in [0, 0.1) is 29.6 Å². The van der Waals surface area contributed by atoms with E-state index < -0.39 is 0 Å². The average Bonchev–Trinajstić information content (AvgIpc) is 2.65. The Labute approximate surface area is 158 Å². The first kappa shape index (κ1) is 18.0. The molecule has 0 aliphatic heterocycles. The van der Waals surface area contributed by atoms with E-state index >= 15 is 0 Å². The molecule has 0 unspecified atom stereocenters. The van der Waals surface area contributed by atoms with E-state index in [0.717, 1.165) is 17.8 Å². The number of nitrogens with zero attached hydrogens (tertiary/aromatic N) is 1. The second-order valence-electron chi connectivity index (χ2n) is 9.11. The third-order valence-corrected chi connectivity index (χ3v) is 8.10. The van der Waals surface area contributed by atoms with Crippen LogP contribution in [0.3, 0.4) is 0 Å². The number of carbonyl (C=O) groups is 1. The van der Waals surface area contributed by atoms with Gasteiger partial charge in [-0.3, -0.25) is 4.79 Å². The van der Waals surface area contributed by atoms with Crippen LogP contribution in [0.4, 0.5) is 0 Å². The van der Waals surface area contributed by atoms with Gasteiger partial charge in [0, 0.05) is 32.5 Å². The van der Waals surface area contributed by atoms with E-state index in [0.29, 0.717) is 31.4 Å². The van der Waals surface area contributed by atoms with E-state index in [1.807, 2.05) is 11.9 Å². The zero-order valence-corrected chi connectivity index (χ0v) is 16.5. The van der Waals surface area contributed by atoms with E-state index in [9.17, 15) is 4.79 Å². The molecule has 0 heterocycles. The first-order valence-corrected chi connectivity index (χ1v) is 10.3. The van der Waals surface area contributed by atoms with Crippen molar-refractivity contribution in [1.82, 2.24) is 4.90 Å². The van der Waals surface area contributed by atoms with E-state index in [-0.39, 0.29) is 11.3 Å². The molecule has 0 saturated heterocycles. The molecule has 4 aliphatic rings. The summed E-state index contributed by atoms with van der Waals surface area (Å²) < 4.78 is 5.17. The molecule has 0 spiro atoms. The molecule has 0 atom stereocenters. The molecule has 4 bridgehead atoms. The zero-order valence-electron chi connectivity index (χ0n) is 16.5. The lowest BCUT2D eigenvalue weighted by atomic mass is 9.41. The van der Waals surface area contributed by atoms with Gasteiger partial charge in [-0.05, 0) is 60.8 Å². The summed E-state index contributed by atoms with van der Waals surface area (Å²) in [7, 11) is 3.63. The zero-order chi connectivity index (χ0) is 18.3. The Morgan fingerprint density at radius 1 is 1.12 bits per heavy atom. The van der Waals surface area contributed by atoms with Crippen LogP contribution in [0.15, 0.2) is 30.3 Å². The highest BCUT2D eigenvalue weighted by molar-refractivity contribution is 5.78. The van der Waals surface area contributed by atoms with Crippen molar-refractivity contribution >= 4 is 5.91 Å². The maximum absolute atomic E-state index is 13.2. The highest BCUT2D eigenvalue weighted by atomic mass is 16.5. The molecular formula is C23H33NO2. The van der Waals surface area contributed by atoms with Crippen molar-refractivity contribution < 1.29 is 9.53 Å². The SMILES string of the molecule is COCCN(C)C(=O)CC1(c2ccccc2)C2CC3CC1CC(C2)C3C. The van der Waals surface area contributed by atoms with E-state index in [2.05, 4.69) is 37.3 Å². The summed E-state index contributed by atoms with van der Waals surface area (Å²) in [5.41, 5.74) is 1.46. The lowest BCUT2D eigenvalue weighted by Gasteiger charge is -2.63. The lowest BCUT2D eigenvalue weighted by Crippen LogP contribution is -2.59. The Hall–Kier alpha value is -1.35. The Balaban J connectivity index is 1.66. The average molecular weight is 356 g/mol. The van der Waals surface area contributed by atoms with Gasteiger partial charge in [-0.1, -0.05) is 37.3 Å². The van der Waals surface area contributed by atoms with Gasteiger partial charge in [0.2, 0.25) is 5.91 Å². The summed E-state index contributed by atoms with van der Waals surface area (Å²) in [5, 5.41) is 0. The van der Waals surface area contributed by atoms with Gasteiger partial charge in [0.15, 0.2) is 0 Å². The fraction of sp³-hybridized carbons (Fsp3) is 0.696. The molecule has 1 aromatic rings. The van der Waals surface area contributed by atoms with Gasteiger partial charge in [-0.25, -0.2) is 0 Å². The normalized spacial score (nSPS) is 37.7. The summed E-state index contributed by atoms with van der Waals surface area (Å²) in [6, 6.07) is 11.0. The molecule has 1 aromatic carbocycles. The van der Waals surface area contributed by atoms with Crippen molar-refractivity contribution in [2.75, 3.05) is 27.3 Å². The smallest absolute Gasteiger partial charge is 0.223 e. The number of ether oxygens (including phenoxy) is 1. The molecule has 0 radical (unpaired) electrons. The van der Waals surface area contributed by atoms with E-state index in [4.69, 9.17) is 4.74 Å². The Morgan fingerprint density at radius 2 is 1.69 bits per heavy atom. The summed E-state index contributed by atoms with van der Waals surface area (Å²) in [6.07, 6.45) is 5.94. The summed E-state index contributed by atoms with van der Waals surface area (Å²) in [5.74, 6) is 4.28. The number of carbonyl (C=O) groups excluding carboxylic acids is 1. The summed E-state index contributed by atoms with van der Waals surface area (Å²) in [6.45, 7) is 3.76. The predicted octanol–water partition coefficient (Wildman–Crippen LogP) is 4.12. The van der Waals surface area contributed by atoms with Crippen LogP contribution in [-0.2, 0) is 14.9 Å². The number of hydrogen-bond acceptors (Lipinski definition) is 2. The molecule has 0 N–H and O–H groups in total. The van der Waals surface area contributed by atoms with Crippen LogP contribution < -0.4 is 0 Å². The first-order valence-electron chi connectivity index (χ1n) is 10.3. The molecule has 3 nitrogen and oxygen atoms in total. The van der Waals surface area contributed by atoms with Gasteiger partial charge in [0.05, 0.1) is 6.61 Å². The lowest BCUT2D eigenvalue weighted by molar-refractivity contribution is -0.141. The largest absolute Gasteiger partial charge is 0.383 e. The number of methoxy groups -OCH3 is 1. The second kappa shape index (κ2) is 6.99. The number of hydrogen-bond donors (Lipinski definition) is 0. The monoisotopic (exact) mass is 355 g/mol. The van der Waals surface area contributed by atoms with Gasteiger partial charge < -0.3 is 9.64 Å². The van der Waals surface area contributed by atoms with Gasteiger partial charge in [0.1, 0.15) is 0 Å². The number of rotatable bonds is 6. The maximum Gasteiger partial charge on any atom is 0.223 e. The van der Waals surface area contributed by atoms with E-state index in [1.54, 1.807) is 7.11 Å². The minimum atomic E-state index is 0.0484. The third-order valence-electron chi connectivity index (χ3n) is 8.10. The molecule has 4 saturated carbocycles. The van der Waals surface area contributed by atoms with Crippen LogP contribution in [0.2, 0.25) is 0 Å². The van der Waals surface area contributed by atoms with Gasteiger partial charge >= 0.3 is 0 Å². The Bertz CT molecular complexity index is 611. The van der Waals surface area contributed by atoms with Crippen molar-refractivity contribution in [3.05, 3.63) is 35.9 Å². The van der Waals surface area contributed by atoms with Crippen molar-refractivity contribution in [1.29, 1.82) is 0 Å². The van der Waals surface area contributed by atoms with E-state index in [1.165, 1.54) is 31.2 Å². The summed E-state index contributed by atoms with van der Waals surface area (Å²) in [4.78, 5) is 15.0. The fourth-order valence-corrected chi connectivity index (χ4v) is 6.61. The first-order chi connectivity index (χ1) is 12.6. The topological polar surface area (TPSA) is 29.5 Å². The van der Waals surface area contributed by atoms with Crippen LogP contribution >= 0.6 is 0 Å². The van der Waals surface area contributed by atoms with Gasteiger partial charge in [-0.2, -0.15) is 0 Å². The van der Waals surface area contributed by atoms with Crippen LogP contribution in [0.1, 0.15) is 44.6 Å². The predicted molar refractivity (Wildman–Crippen MR) is 104 cm³/mol.